The number of isocyanates is 1. The minimum absolute atomic E-state index is 0.0781. The van der Waals surface area contributed by atoms with Crippen LogP contribution >= 0.6 is 11.6 Å². The highest BCUT2D eigenvalue weighted by Gasteiger charge is 2.17. The lowest BCUT2D eigenvalue weighted by Gasteiger charge is -2.07. The number of sulfonamides is 1. The third kappa shape index (κ3) is 4.80. The molecule has 0 atom stereocenters. The van der Waals surface area contributed by atoms with Gasteiger partial charge in [0, 0.05) is 11.2 Å². The van der Waals surface area contributed by atoms with Crippen LogP contribution in [-0.2, 0) is 14.8 Å². The first-order chi connectivity index (χ1) is 12.4. The van der Waals surface area contributed by atoms with Gasteiger partial charge in [0.1, 0.15) is 10.6 Å². The lowest BCUT2D eigenvalue weighted by molar-refractivity contribution is -0.264. The Morgan fingerprint density at radius 1 is 1.23 bits per heavy atom. The van der Waals surface area contributed by atoms with Crippen molar-refractivity contribution in [2.75, 3.05) is 7.11 Å². The van der Waals surface area contributed by atoms with Crippen LogP contribution in [0, 0.1) is 0 Å². The smallest absolute Gasteiger partial charge is 0.441 e. The molecular weight excluding hydrogens is 380 g/mol. The Hall–Kier alpha value is -2.93. The van der Waals surface area contributed by atoms with Crippen molar-refractivity contribution in [1.29, 1.82) is 0 Å². The zero-order valence-corrected chi connectivity index (χ0v) is 15.1. The quantitative estimate of drug-likeness (QED) is 0.559. The summed E-state index contributed by atoms with van der Waals surface area (Å²) in [7, 11) is -2.46. The molecule has 0 fully saturated rings. The monoisotopic (exact) mass is 393 g/mol. The van der Waals surface area contributed by atoms with Crippen molar-refractivity contribution in [3.63, 3.8) is 0 Å². The zero-order valence-electron chi connectivity index (χ0n) is 13.5. The fourth-order valence-corrected chi connectivity index (χ4v) is 2.91. The summed E-state index contributed by atoms with van der Waals surface area (Å²) in [6.07, 6.45) is 4.11. The van der Waals surface area contributed by atoms with Crippen LogP contribution in [0.4, 0.5) is 0 Å². The minimum atomic E-state index is -3.90. The fraction of sp³-hybridized carbons (Fsp3) is 0.0588. The summed E-state index contributed by atoms with van der Waals surface area (Å²) in [5.41, 5.74) is 0.916. The topological polar surface area (TPSA) is 104 Å². The van der Waals surface area contributed by atoms with E-state index in [1.807, 2.05) is 0 Å². The highest BCUT2D eigenvalue weighted by molar-refractivity contribution is 7.84. The summed E-state index contributed by atoms with van der Waals surface area (Å²) >= 11 is 5.89. The van der Waals surface area contributed by atoms with Crippen molar-refractivity contribution in [3.05, 3.63) is 64.8 Å². The molecule has 9 heteroatoms. The third-order valence-electron chi connectivity index (χ3n) is 3.26. The van der Waals surface area contributed by atoms with Crippen LogP contribution in [0.3, 0.4) is 0 Å². The van der Waals surface area contributed by atoms with Gasteiger partial charge in [-0.15, -0.1) is 0 Å². The van der Waals surface area contributed by atoms with E-state index in [4.69, 9.17) is 16.3 Å². The molecule has 26 heavy (non-hydrogen) atoms. The number of carbonyl (C=O) groups is 1. The van der Waals surface area contributed by atoms with Gasteiger partial charge in [0.05, 0.1) is 12.7 Å². The summed E-state index contributed by atoms with van der Waals surface area (Å²) in [4.78, 5) is 22.3. The number of carbonyl (C=O) groups excluding carboxylic acids is 2. The number of hydrogen-bond acceptors (Lipinski definition) is 5. The van der Waals surface area contributed by atoms with E-state index in [0.29, 0.717) is 16.3 Å². The van der Waals surface area contributed by atoms with E-state index in [1.165, 1.54) is 43.6 Å². The van der Waals surface area contributed by atoms with E-state index in [0.717, 1.165) is 6.08 Å². The largest absolute Gasteiger partial charge is 0.496 e. The van der Waals surface area contributed by atoms with Crippen molar-refractivity contribution in [1.82, 2.24) is 5.32 Å². The summed E-state index contributed by atoms with van der Waals surface area (Å²) in [6.45, 7) is 0. The van der Waals surface area contributed by atoms with E-state index in [1.54, 1.807) is 22.6 Å². The maximum Gasteiger partial charge on any atom is 0.441 e. The second kappa shape index (κ2) is 8.44. The Labute approximate surface area is 155 Å². The molecule has 0 radical (unpaired) electrons. The summed E-state index contributed by atoms with van der Waals surface area (Å²) in [6, 6.07) is 10.4. The molecule has 0 saturated heterocycles. The lowest BCUT2D eigenvalue weighted by Crippen LogP contribution is -2.71. The predicted octanol–water partition coefficient (Wildman–Crippen LogP) is 0.854. The van der Waals surface area contributed by atoms with E-state index >= 15 is 0 Å². The Bertz CT molecular complexity index is 994. The molecule has 0 aliphatic rings. The van der Waals surface area contributed by atoms with E-state index in [2.05, 4.69) is 5.32 Å². The lowest BCUT2D eigenvalue weighted by atomic mass is 10.2. The minimum Gasteiger partial charge on any atom is -0.496 e. The second-order valence-corrected chi connectivity index (χ2v) is 7.05. The summed E-state index contributed by atoms with van der Waals surface area (Å²) in [5.74, 6) is -0.0279. The molecule has 2 rings (SSSR count). The van der Waals surface area contributed by atoms with Crippen LogP contribution in [0.2, 0.25) is 5.02 Å². The molecular formula is C17H14ClN2O5S+. The zero-order chi connectivity index (χ0) is 19.2. The molecule has 2 aromatic rings. The SMILES string of the molecule is COc1ccc(Cl)cc1C(=O)N/C=C/c1ccc(S(=O)(=O)[NH+]=C=O)cc1. The first-order valence-corrected chi connectivity index (χ1v) is 9.03. The standard InChI is InChI=1S/C17H13ClN2O5S/c1-25-16-7-4-13(18)10-15(16)17(22)19-9-8-12-2-5-14(6-3-12)26(23,24)20-11-21/h2-10H,1H3,(H,19,22)/p+1/b9-8+. The molecule has 134 valence electrons. The van der Waals surface area contributed by atoms with Crippen LogP contribution in [0.25, 0.3) is 6.08 Å². The number of ether oxygens (including phenoxy) is 1. The van der Waals surface area contributed by atoms with Gasteiger partial charge in [0.25, 0.3) is 5.91 Å². The van der Waals surface area contributed by atoms with Gasteiger partial charge in [-0.05, 0) is 46.4 Å². The first-order valence-electron chi connectivity index (χ1n) is 7.17. The molecule has 0 spiro atoms. The fourth-order valence-electron chi connectivity index (χ4n) is 2.02. The van der Waals surface area contributed by atoms with Crippen LogP contribution in [-0.4, -0.2) is 27.5 Å². The van der Waals surface area contributed by atoms with Crippen LogP contribution in [0.5, 0.6) is 5.75 Å². The maximum atomic E-state index is 12.2. The van der Waals surface area contributed by atoms with Gasteiger partial charge in [-0.2, -0.15) is 13.2 Å². The van der Waals surface area contributed by atoms with Gasteiger partial charge in [0.2, 0.25) is 0 Å². The van der Waals surface area contributed by atoms with E-state index in [-0.39, 0.29) is 10.5 Å². The Balaban J connectivity index is 2.10. The average Bonchev–Trinajstić information content (AvgIpc) is 2.62. The van der Waals surface area contributed by atoms with Gasteiger partial charge >= 0.3 is 16.1 Å². The van der Waals surface area contributed by atoms with Crippen LogP contribution in [0.15, 0.2) is 53.6 Å². The number of benzene rings is 2. The molecule has 7 nitrogen and oxygen atoms in total. The van der Waals surface area contributed by atoms with Crippen molar-refractivity contribution in [2.24, 2.45) is 0 Å². The van der Waals surface area contributed by atoms with E-state index in [9.17, 15) is 18.0 Å². The van der Waals surface area contributed by atoms with E-state index < -0.39 is 15.9 Å². The van der Waals surface area contributed by atoms with Gasteiger partial charge in [0.15, 0.2) is 0 Å². The molecule has 0 bridgehead atoms. The van der Waals surface area contributed by atoms with Gasteiger partial charge in [-0.3, -0.25) is 4.79 Å². The molecule has 2 N–H and O–H groups in total. The Morgan fingerprint density at radius 3 is 2.54 bits per heavy atom. The summed E-state index contributed by atoms with van der Waals surface area (Å²) < 4.78 is 30.0. The highest BCUT2D eigenvalue weighted by atomic mass is 35.5. The first kappa shape index (κ1) is 19.4. The maximum absolute atomic E-state index is 12.2. The van der Waals surface area contributed by atoms with Gasteiger partial charge in [-0.25, -0.2) is 0 Å². The normalized spacial score (nSPS) is 11.0. The predicted molar refractivity (Wildman–Crippen MR) is 94.8 cm³/mol. The number of hydrogen-bond donors (Lipinski definition) is 2. The number of amides is 1. The molecule has 2 aromatic carbocycles. The number of halogens is 1. The number of nitrogens with one attached hydrogen (secondary N) is 2. The highest BCUT2D eigenvalue weighted by Crippen LogP contribution is 2.22. The van der Waals surface area contributed by atoms with Gasteiger partial charge in [-0.1, -0.05) is 23.7 Å². The second-order valence-electron chi connectivity index (χ2n) is 4.93. The Kier molecular flexibility index (Phi) is 6.30. The number of methoxy groups -OCH3 is 1. The summed E-state index contributed by atoms with van der Waals surface area (Å²) in [5, 5.41) is 2.98. The van der Waals surface area contributed by atoms with Crippen molar-refractivity contribution < 1.29 is 27.1 Å². The molecule has 0 saturated carbocycles. The van der Waals surface area contributed by atoms with Crippen molar-refractivity contribution >= 4 is 39.7 Å². The van der Waals surface area contributed by atoms with Gasteiger partial charge < -0.3 is 10.1 Å². The Morgan fingerprint density at radius 2 is 1.92 bits per heavy atom. The molecule has 0 unspecified atom stereocenters. The molecule has 1 amide bonds. The third-order valence-corrected chi connectivity index (χ3v) is 4.74. The molecule has 0 aliphatic carbocycles. The average molecular weight is 394 g/mol. The number of rotatable bonds is 6. The molecule has 0 heterocycles. The van der Waals surface area contributed by atoms with Crippen LogP contribution < -0.4 is 14.5 Å². The molecule has 0 aromatic heterocycles. The van der Waals surface area contributed by atoms with Crippen molar-refractivity contribution in [3.8, 4) is 5.75 Å². The van der Waals surface area contributed by atoms with Crippen LogP contribution in [0.1, 0.15) is 15.9 Å². The molecule has 0 aliphatic heterocycles. The van der Waals surface area contributed by atoms with Crippen molar-refractivity contribution in [2.45, 2.75) is 4.90 Å².